The van der Waals surface area contributed by atoms with Gasteiger partial charge in [0.05, 0.1) is 11.2 Å². The van der Waals surface area contributed by atoms with Crippen molar-refractivity contribution in [1.29, 1.82) is 0 Å². The molecule has 110 valence electrons. The third-order valence-corrected chi connectivity index (χ3v) is 3.64. The summed E-state index contributed by atoms with van der Waals surface area (Å²) in [5.41, 5.74) is 1.53. The molecule has 22 heavy (non-hydrogen) atoms. The SMILES string of the molecule is S=c1[nH]nc(-c2ccc(Cl)cc2Cl)n1N=Cc1cccnc1. The number of aromatic amines is 1. The summed E-state index contributed by atoms with van der Waals surface area (Å²) in [5, 5.41) is 12.2. The van der Waals surface area contributed by atoms with E-state index >= 15 is 0 Å². The summed E-state index contributed by atoms with van der Waals surface area (Å²) in [7, 11) is 0. The van der Waals surface area contributed by atoms with Gasteiger partial charge in [0.25, 0.3) is 0 Å². The quantitative estimate of drug-likeness (QED) is 0.569. The largest absolute Gasteiger partial charge is 0.264 e. The molecule has 3 aromatic rings. The van der Waals surface area contributed by atoms with Crippen molar-refractivity contribution in [3.63, 3.8) is 0 Å². The van der Waals surface area contributed by atoms with Crippen LogP contribution in [0.3, 0.4) is 0 Å². The molecule has 0 unspecified atom stereocenters. The van der Waals surface area contributed by atoms with Gasteiger partial charge >= 0.3 is 0 Å². The second-order valence-electron chi connectivity index (χ2n) is 4.32. The molecule has 0 aliphatic rings. The van der Waals surface area contributed by atoms with Crippen LogP contribution >= 0.6 is 35.4 Å². The molecule has 0 saturated heterocycles. The van der Waals surface area contributed by atoms with Gasteiger partial charge in [-0.1, -0.05) is 29.3 Å². The molecule has 0 bridgehead atoms. The fourth-order valence-corrected chi connectivity index (χ4v) is 2.49. The highest BCUT2D eigenvalue weighted by atomic mass is 35.5. The lowest BCUT2D eigenvalue weighted by Crippen LogP contribution is -1.95. The van der Waals surface area contributed by atoms with E-state index in [-0.39, 0.29) is 0 Å². The second kappa shape index (κ2) is 6.39. The lowest BCUT2D eigenvalue weighted by molar-refractivity contribution is 0.871. The molecule has 8 heteroatoms. The van der Waals surface area contributed by atoms with E-state index in [9.17, 15) is 0 Å². The highest BCUT2D eigenvalue weighted by Crippen LogP contribution is 2.29. The van der Waals surface area contributed by atoms with E-state index in [1.165, 1.54) is 4.68 Å². The lowest BCUT2D eigenvalue weighted by atomic mass is 10.2. The van der Waals surface area contributed by atoms with Crippen LogP contribution in [0.15, 0.2) is 47.8 Å². The second-order valence-corrected chi connectivity index (χ2v) is 5.55. The summed E-state index contributed by atoms with van der Waals surface area (Å²) in [6, 6.07) is 8.86. The highest BCUT2D eigenvalue weighted by molar-refractivity contribution is 7.71. The number of rotatable bonds is 3. The predicted octanol–water partition coefficient (Wildman–Crippen LogP) is 4.19. The van der Waals surface area contributed by atoms with E-state index in [4.69, 9.17) is 35.4 Å². The average Bonchev–Trinajstić information content (AvgIpc) is 2.87. The van der Waals surface area contributed by atoms with Gasteiger partial charge in [0.1, 0.15) is 0 Å². The van der Waals surface area contributed by atoms with Crippen LogP contribution < -0.4 is 0 Å². The molecular weight excluding hydrogens is 341 g/mol. The molecule has 3 rings (SSSR count). The summed E-state index contributed by atoms with van der Waals surface area (Å²) in [4.78, 5) is 4.03. The van der Waals surface area contributed by atoms with Crippen LogP contribution in [0.5, 0.6) is 0 Å². The minimum absolute atomic E-state index is 0.362. The van der Waals surface area contributed by atoms with Gasteiger partial charge in [0.15, 0.2) is 5.82 Å². The van der Waals surface area contributed by atoms with Crippen LogP contribution in [0.4, 0.5) is 0 Å². The summed E-state index contributed by atoms with van der Waals surface area (Å²) < 4.78 is 1.86. The minimum atomic E-state index is 0.362. The zero-order valence-corrected chi connectivity index (χ0v) is 13.4. The Morgan fingerprint density at radius 1 is 1.27 bits per heavy atom. The molecule has 0 amide bonds. The smallest absolute Gasteiger partial charge is 0.216 e. The van der Waals surface area contributed by atoms with Crippen LogP contribution in [-0.2, 0) is 0 Å². The zero-order chi connectivity index (χ0) is 15.5. The van der Waals surface area contributed by atoms with E-state index < -0.39 is 0 Å². The molecule has 0 saturated carbocycles. The first-order valence-corrected chi connectivity index (χ1v) is 7.39. The number of halogens is 2. The van der Waals surface area contributed by atoms with Gasteiger partial charge in [-0.3, -0.25) is 4.98 Å². The maximum atomic E-state index is 6.21. The van der Waals surface area contributed by atoms with Gasteiger partial charge in [0, 0.05) is 28.5 Å². The fraction of sp³-hybridized carbons (Fsp3) is 0. The number of aromatic nitrogens is 4. The number of nitrogens with one attached hydrogen (secondary N) is 1. The Kier molecular flexibility index (Phi) is 4.33. The fourth-order valence-electron chi connectivity index (χ4n) is 1.82. The molecule has 1 aromatic carbocycles. The maximum absolute atomic E-state index is 6.21. The van der Waals surface area contributed by atoms with Gasteiger partial charge in [-0.15, -0.1) is 0 Å². The number of nitrogens with zero attached hydrogens (tertiary/aromatic N) is 4. The Labute approximate surface area is 141 Å². The number of benzene rings is 1. The Morgan fingerprint density at radius 3 is 2.86 bits per heavy atom. The van der Waals surface area contributed by atoms with Crippen molar-refractivity contribution in [2.75, 3.05) is 0 Å². The topological polar surface area (TPSA) is 58.9 Å². The number of H-pyrrole nitrogens is 1. The van der Waals surface area contributed by atoms with E-state index in [1.807, 2.05) is 12.1 Å². The standard InChI is InChI=1S/C14H9Cl2N5S/c15-10-3-4-11(12(16)6-10)13-19-20-14(22)21(13)18-8-9-2-1-5-17-7-9/h1-8H,(H,20,22). The minimum Gasteiger partial charge on any atom is -0.264 e. The van der Waals surface area contributed by atoms with Crippen LogP contribution in [0.25, 0.3) is 11.4 Å². The van der Waals surface area contributed by atoms with Crippen LogP contribution in [0.1, 0.15) is 5.56 Å². The van der Waals surface area contributed by atoms with E-state index in [0.29, 0.717) is 26.2 Å². The van der Waals surface area contributed by atoms with Crippen molar-refractivity contribution in [2.45, 2.75) is 0 Å². The monoisotopic (exact) mass is 349 g/mol. The first kappa shape index (κ1) is 14.9. The number of pyridine rings is 1. The lowest BCUT2D eigenvalue weighted by Gasteiger charge is -2.03. The Bertz CT molecular complexity index is 886. The molecule has 2 aromatic heterocycles. The van der Waals surface area contributed by atoms with Gasteiger partial charge < -0.3 is 0 Å². The summed E-state index contributed by atoms with van der Waals surface area (Å²) in [6.45, 7) is 0. The van der Waals surface area contributed by atoms with Crippen LogP contribution in [0, 0.1) is 4.77 Å². The Hall–Kier alpha value is -2.02. The molecule has 0 aliphatic heterocycles. The molecular formula is C14H9Cl2N5S. The van der Waals surface area contributed by atoms with E-state index in [0.717, 1.165) is 5.56 Å². The van der Waals surface area contributed by atoms with E-state index in [2.05, 4.69) is 20.3 Å². The Morgan fingerprint density at radius 2 is 2.14 bits per heavy atom. The van der Waals surface area contributed by atoms with E-state index in [1.54, 1.807) is 36.8 Å². The average molecular weight is 350 g/mol. The number of hydrogen-bond acceptors (Lipinski definition) is 4. The van der Waals surface area contributed by atoms with Crippen LogP contribution in [-0.4, -0.2) is 26.1 Å². The summed E-state index contributed by atoms with van der Waals surface area (Å²) >= 11 is 17.3. The van der Waals surface area contributed by atoms with Crippen molar-refractivity contribution in [3.8, 4) is 11.4 Å². The van der Waals surface area contributed by atoms with Crippen LogP contribution in [0.2, 0.25) is 10.0 Å². The van der Waals surface area contributed by atoms with Gasteiger partial charge in [-0.25, -0.2) is 5.10 Å². The molecule has 2 heterocycles. The zero-order valence-electron chi connectivity index (χ0n) is 11.1. The molecule has 0 atom stereocenters. The molecule has 1 N–H and O–H groups in total. The van der Waals surface area contributed by atoms with Gasteiger partial charge in [-0.05, 0) is 36.5 Å². The predicted molar refractivity (Wildman–Crippen MR) is 90.1 cm³/mol. The maximum Gasteiger partial charge on any atom is 0.216 e. The first-order valence-electron chi connectivity index (χ1n) is 6.22. The van der Waals surface area contributed by atoms with Gasteiger partial charge in [0.2, 0.25) is 4.77 Å². The first-order chi connectivity index (χ1) is 10.6. The van der Waals surface area contributed by atoms with Gasteiger partial charge in [-0.2, -0.15) is 14.9 Å². The third kappa shape index (κ3) is 3.09. The van der Waals surface area contributed by atoms with Crippen molar-refractivity contribution < 1.29 is 0 Å². The molecule has 0 radical (unpaired) electrons. The third-order valence-electron chi connectivity index (χ3n) is 2.83. The molecule has 5 nitrogen and oxygen atoms in total. The van der Waals surface area contributed by atoms with Crippen molar-refractivity contribution in [1.82, 2.24) is 19.9 Å². The highest BCUT2D eigenvalue weighted by Gasteiger charge is 2.12. The van der Waals surface area contributed by atoms with Crippen molar-refractivity contribution in [3.05, 3.63) is 63.1 Å². The molecule has 0 aliphatic carbocycles. The summed E-state index contributed by atoms with van der Waals surface area (Å²) in [5.74, 6) is 0.506. The normalized spacial score (nSPS) is 11.2. The molecule has 0 fully saturated rings. The van der Waals surface area contributed by atoms with Crippen molar-refractivity contribution in [2.24, 2.45) is 5.10 Å². The molecule has 0 spiro atoms. The Balaban J connectivity index is 2.05. The van der Waals surface area contributed by atoms with Crippen molar-refractivity contribution >= 4 is 41.6 Å². The summed E-state index contributed by atoms with van der Waals surface area (Å²) in [6.07, 6.45) is 5.04. The number of hydrogen-bond donors (Lipinski definition) is 1.